The molecule has 1 rings (SSSR count). The molecule has 2 N–H and O–H groups in total. The van der Waals surface area contributed by atoms with Gasteiger partial charge >= 0.3 is 5.97 Å². The maximum absolute atomic E-state index is 11.7. The van der Waals surface area contributed by atoms with Gasteiger partial charge in [0.25, 0.3) is 0 Å². The van der Waals surface area contributed by atoms with Crippen LogP contribution in [0, 0.1) is 12.8 Å². The highest BCUT2D eigenvalue weighted by atomic mass is 32.2. The van der Waals surface area contributed by atoms with Crippen molar-refractivity contribution >= 4 is 21.9 Å². The van der Waals surface area contributed by atoms with Crippen LogP contribution in [0.4, 0.5) is 0 Å². The molecule has 0 saturated carbocycles. The molecule has 8 heteroatoms. The van der Waals surface area contributed by atoms with Crippen molar-refractivity contribution in [1.82, 2.24) is 9.62 Å². The summed E-state index contributed by atoms with van der Waals surface area (Å²) < 4.78 is 23.4. The van der Waals surface area contributed by atoms with Gasteiger partial charge in [-0.3, -0.25) is 9.59 Å². The quantitative estimate of drug-likeness (QED) is 0.705. The van der Waals surface area contributed by atoms with Crippen LogP contribution in [0.5, 0.6) is 0 Å². The van der Waals surface area contributed by atoms with Gasteiger partial charge in [0.15, 0.2) is 0 Å². The molecule has 0 bridgehead atoms. The predicted molar refractivity (Wildman–Crippen MR) is 86.5 cm³/mol. The standard InChI is InChI=1S/C15H22N2O5S/c1-11-5-4-6-12(7-11)8-13(15(19)20)9-16-14(18)10-17(2)23(3,21)22/h4-7,13H,8-10H2,1-3H3,(H,16,18)(H,19,20). The van der Waals surface area contributed by atoms with E-state index in [2.05, 4.69) is 5.32 Å². The molecule has 0 spiro atoms. The van der Waals surface area contributed by atoms with E-state index >= 15 is 0 Å². The Bertz CT molecular complexity index is 672. The zero-order valence-corrected chi connectivity index (χ0v) is 14.3. The van der Waals surface area contributed by atoms with Crippen LogP contribution in [-0.4, -0.2) is 56.1 Å². The fourth-order valence-electron chi connectivity index (χ4n) is 1.98. The predicted octanol–water partition coefficient (Wildman–Crippen LogP) is 0.246. The SMILES string of the molecule is Cc1cccc(CC(CNC(=O)CN(C)S(C)(=O)=O)C(=O)O)c1. The molecule has 7 nitrogen and oxygen atoms in total. The first-order valence-corrected chi connectivity index (χ1v) is 8.90. The molecule has 128 valence electrons. The number of hydrogen-bond donors (Lipinski definition) is 2. The molecule has 0 fully saturated rings. The highest BCUT2D eigenvalue weighted by Gasteiger charge is 2.20. The average molecular weight is 342 g/mol. The molecular formula is C15H22N2O5S. The Kier molecular flexibility index (Phi) is 6.71. The molecule has 1 aromatic rings. The third-order valence-corrected chi connectivity index (χ3v) is 4.65. The summed E-state index contributed by atoms with van der Waals surface area (Å²) in [5, 5.41) is 11.7. The van der Waals surface area contributed by atoms with E-state index in [9.17, 15) is 23.1 Å². The van der Waals surface area contributed by atoms with Crippen molar-refractivity contribution in [3.8, 4) is 0 Å². The van der Waals surface area contributed by atoms with Crippen LogP contribution >= 0.6 is 0 Å². The lowest BCUT2D eigenvalue weighted by Crippen LogP contribution is -2.41. The van der Waals surface area contributed by atoms with E-state index < -0.39 is 27.8 Å². The van der Waals surface area contributed by atoms with Crippen molar-refractivity contribution in [2.75, 3.05) is 26.4 Å². The van der Waals surface area contributed by atoms with E-state index in [1.54, 1.807) is 0 Å². The first kappa shape index (κ1) is 19.1. The Balaban J connectivity index is 2.60. The van der Waals surface area contributed by atoms with Crippen LogP contribution in [0.25, 0.3) is 0 Å². The fourth-order valence-corrected chi connectivity index (χ4v) is 2.33. The number of nitrogens with one attached hydrogen (secondary N) is 1. The normalized spacial score (nSPS) is 12.9. The van der Waals surface area contributed by atoms with Gasteiger partial charge in [-0.05, 0) is 18.9 Å². The minimum atomic E-state index is -3.45. The van der Waals surface area contributed by atoms with Gasteiger partial charge in [0.2, 0.25) is 15.9 Å². The molecule has 1 aromatic carbocycles. The number of aliphatic carboxylic acids is 1. The Labute approximate surface area is 136 Å². The van der Waals surface area contributed by atoms with Gasteiger partial charge < -0.3 is 10.4 Å². The van der Waals surface area contributed by atoms with Gasteiger partial charge in [-0.2, -0.15) is 4.31 Å². The van der Waals surface area contributed by atoms with E-state index in [1.165, 1.54) is 7.05 Å². The summed E-state index contributed by atoms with van der Waals surface area (Å²) in [6, 6.07) is 7.50. The molecule has 0 heterocycles. The monoisotopic (exact) mass is 342 g/mol. The highest BCUT2D eigenvalue weighted by Crippen LogP contribution is 2.11. The summed E-state index contributed by atoms with van der Waals surface area (Å²) in [6.07, 6.45) is 1.29. The number of nitrogens with zero attached hydrogens (tertiary/aromatic N) is 1. The van der Waals surface area contributed by atoms with Crippen LogP contribution in [0.3, 0.4) is 0 Å². The Morgan fingerprint density at radius 2 is 2.00 bits per heavy atom. The first-order valence-electron chi connectivity index (χ1n) is 7.06. The number of benzene rings is 1. The van der Waals surface area contributed by atoms with E-state index in [4.69, 9.17) is 0 Å². The fraction of sp³-hybridized carbons (Fsp3) is 0.467. The number of carboxylic acid groups (broad SMARTS) is 1. The van der Waals surface area contributed by atoms with Gasteiger partial charge in [0.1, 0.15) is 0 Å². The molecule has 0 radical (unpaired) electrons. The number of hydrogen-bond acceptors (Lipinski definition) is 4. The second-order valence-corrected chi connectivity index (χ2v) is 7.64. The molecule has 1 atom stereocenters. The number of carbonyl (C=O) groups excluding carboxylic acids is 1. The molecule has 0 saturated heterocycles. The van der Waals surface area contributed by atoms with Crippen LogP contribution in [-0.2, 0) is 26.0 Å². The molecular weight excluding hydrogens is 320 g/mol. The maximum atomic E-state index is 11.7. The largest absolute Gasteiger partial charge is 0.481 e. The number of aryl methyl sites for hydroxylation is 1. The highest BCUT2D eigenvalue weighted by molar-refractivity contribution is 7.88. The number of amides is 1. The summed E-state index contributed by atoms with van der Waals surface area (Å²) in [4.78, 5) is 23.0. The lowest BCUT2D eigenvalue weighted by Gasteiger charge is -2.16. The Morgan fingerprint density at radius 3 is 2.52 bits per heavy atom. The minimum absolute atomic E-state index is 0.0558. The second kappa shape index (κ2) is 8.07. The van der Waals surface area contributed by atoms with Crippen LogP contribution in [0.1, 0.15) is 11.1 Å². The summed E-state index contributed by atoms with van der Waals surface area (Å²) >= 11 is 0. The van der Waals surface area contributed by atoms with Crippen LogP contribution < -0.4 is 5.32 Å². The van der Waals surface area contributed by atoms with Gasteiger partial charge in [-0.15, -0.1) is 0 Å². The number of carbonyl (C=O) groups is 2. The second-order valence-electron chi connectivity index (χ2n) is 5.55. The number of carboxylic acids is 1. The number of rotatable bonds is 8. The van der Waals surface area contributed by atoms with Crippen molar-refractivity contribution in [2.24, 2.45) is 5.92 Å². The van der Waals surface area contributed by atoms with Crippen molar-refractivity contribution < 1.29 is 23.1 Å². The summed E-state index contributed by atoms with van der Waals surface area (Å²) in [6.45, 7) is 1.53. The van der Waals surface area contributed by atoms with E-state index in [0.717, 1.165) is 21.7 Å². The molecule has 1 amide bonds. The zero-order valence-electron chi connectivity index (χ0n) is 13.4. The van der Waals surface area contributed by atoms with Gasteiger partial charge in [-0.1, -0.05) is 29.8 Å². The maximum Gasteiger partial charge on any atom is 0.308 e. The smallest absolute Gasteiger partial charge is 0.308 e. The average Bonchev–Trinajstić information content (AvgIpc) is 2.42. The van der Waals surface area contributed by atoms with E-state index in [0.29, 0.717) is 6.42 Å². The third-order valence-electron chi connectivity index (χ3n) is 3.39. The molecule has 0 aromatic heterocycles. The minimum Gasteiger partial charge on any atom is -0.481 e. The van der Waals surface area contributed by atoms with Crippen molar-refractivity contribution in [2.45, 2.75) is 13.3 Å². The molecule has 0 aliphatic carbocycles. The van der Waals surface area contributed by atoms with E-state index in [1.807, 2.05) is 31.2 Å². The van der Waals surface area contributed by atoms with Crippen molar-refractivity contribution in [1.29, 1.82) is 0 Å². The first-order chi connectivity index (χ1) is 10.6. The molecule has 0 aliphatic heterocycles. The van der Waals surface area contributed by atoms with Gasteiger partial charge in [-0.25, -0.2) is 8.42 Å². The summed E-state index contributed by atoms with van der Waals surface area (Å²) in [7, 11) is -2.16. The van der Waals surface area contributed by atoms with Gasteiger partial charge in [0.05, 0.1) is 18.7 Å². The van der Waals surface area contributed by atoms with E-state index in [-0.39, 0.29) is 13.1 Å². The molecule has 23 heavy (non-hydrogen) atoms. The van der Waals surface area contributed by atoms with Gasteiger partial charge in [0, 0.05) is 13.6 Å². The Hall–Kier alpha value is -1.93. The molecule has 1 unspecified atom stereocenters. The number of sulfonamides is 1. The summed E-state index contributed by atoms with van der Waals surface area (Å²) in [5.41, 5.74) is 1.91. The van der Waals surface area contributed by atoms with Crippen LogP contribution in [0.15, 0.2) is 24.3 Å². The summed E-state index contributed by atoms with van der Waals surface area (Å²) in [5.74, 6) is -2.32. The van der Waals surface area contributed by atoms with Crippen molar-refractivity contribution in [3.63, 3.8) is 0 Å². The number of likely N-dealkylation sites (N-methyl/N-ethyl adjacent to an activating group) is 1. The van der Waals surface area contributed by atoms with Crippen LogP contribution in [0.2, 0.25) is 0 Å². The third kappa shape index (κ3) is 6.79. The topological polar surface area (TPSA) is 104 Å². The molecule has 0 aliphatic rings. The lowest BCUT2D eigenvalue weighted by molar-refractivity contribution is -0.141. The van der Waals surface area contributed by atoms with Crippen molar-refractivity contribution in [3.05, 3.63) is 35.4 Å². The lowest BCUT2D eigenvalue weighted by atomic mass is 9.98. The Morgan fingerprint density at radius 1 is 1.35 bits per heavy atom. The zero-order chi connectivity index (χ0) is 17.6.